The summed E-state index contributed by atoms with van der Waals surface area (Å²) in [5, 5.41) is 4.48. The summed E-state index contributed by atoms with van der Waals surface area (Å²) in [5.74, 6) is -4.05. The molecule has 1 aliphatic rings. The Morgan fingerprint density at radius 1 is 0.648 bits per heavy atom. The van der Waals surface area contributed by atoms with Crippen LogP contribution in [0, 0.1) is 5.92 Å². The number of amides is 2. The Hall–Kier alpha value is -0.940. The number of benzene rings is 3. The molecule has 10 N–H and O–H groups in total. The number of carbonyl (C=O) groups excluding carboxylic acids is 2. The van der Waals surface area contributed by atoms with Gasteiger partial charge in [0, 0.05) is 147 Å². The smallest absolute Gasteiger partial charge is 0.295 e. The quantitative estimate of drug-likeness (QED) is 0.0759. The van der Waals surface area contributed by atoms with Crippen molar-refractivity contribution >= 4 is 194 Å². The minimum atomic E-state index is -5.77. The molecular weight excluding hydrogens is 837 g/mol. The Kier molecular flexibility index (Phi) is 19.8. The number of rotatable bonds is 10. The molecule has 18 nitrogen and oxygen atoms in total. The molecule has 1 unspecified atom stereocenters. The second-order valence-corrected chi connectivity index (χ2v) is 16.8. The third-order valence-electron chi connectivity index (χ3n) is 7.09. The standard InChI is InChI=1S/C28H26N4O14S4.4Na/c29-18-6-11-22(24(13-18)47(35,36)37)26(33)31-20-8-2-16(3-9-20)1-4-17-5-10-21(15-28(17,49(41,42)43)50(44,45)46)32-27(34)23-12-7-19(30)14-25(23)48(38,39)40;;;;/h1-15,17H,29-30H2,(H,31,33)(H,32,34)(H,35,36,37)(H,38,39,40)(H,41,42,43)(H,44,45,46);;;;. The van der Waals surface area contributed by atoms with E-state index in [2.05, 4.69) is 10.6 Å². The van der Waals surface area contributed by atoms with E-state index < -0.39 is 88.9 Å². The molecule has 0 spiro atoms. The van der Waals surface area contributed by atoms with Crippen molar-refractivity contribution in [2.24, 2.45) is 5.92 Å². The van der Waals surface area contributed by atoms with Crippen molar-refractivity contribution in [3.63, 3.8) is 0 Å². The molecule has 0 saturated carbocycles. The Labute approximate surface area is 398 Å². The van der Waals surface area contributed by atoms with Gasteiger partial charge >= 0.3 is 0 Å². The van der Waals surface area contributed by atoms with E-state index in [1.165, 1.54) is 36.4 Å². The molecule has 1 atom stereocenters. The van der Waals surface area contributed by atoms with E-state index in [0.717, 1.165) is 48.6 Å². The number of hydrogen-bond donors (Lipinski definition) is 8. The third-order valence-corrected chi connectivity index (χ3v) is 12.5. The normalized spacial score (nSPS) is 15.3. The number of nitrogen functional groups attached to an aromatic ring is 2. The number of anilines is 3. The van der Waals surface area contributed by atoms with Gasteiger partial charge in [0.2, 0.25) is 0 Å². The Balaban J connectivity index is 0.00000702. The molecule has 0 fully saturated rings. The SMILES string of the molecule is Nc1ccc(C(=O)NC2=CC(S(=O)(=O)O)(S(=O)(=O)O)C(C=Cc3ccc(NC(=O)c4ccc(N)cc4S(=O)(=O)O)cc3)C=C2)c(S(=O)(=O)O)c1.[Na].[Na].[Na].[Na]. The van der Waals surface area contributed by atoms with Gasteiger partial charge in [-0.05, 0) is 66.2 Å². The molecule has 26 heteroatoms. The maximum Gasteiger partial charge on any atom is 0.295 e. The third kappa shape index (κ3) is 12.3. The van der Waals surface area contributed by atoms with Crippen molar-refractivity contribution in [1.82, 2.24) is 5.32 Å². The summed E-state index contributed by atoms with van der Waals surface area (Å²) in [6.07, 6.45) is 4.39. The van der Waals surface area contributed by atoms with Crippen molar-refractivity contribution in [3.05, 3.63) is 107 Å². The van der Waals surface area contributed by atoms with Crippen molar-refractivity contribution in [1.29, 1.82) is 0 Å². The molecule has 270 valence electrons. The molecule has 3 aromatic carbocycles. The maximum absolute atomic E-state index is 12.9. The Morgan fingerprint density at radius 2 is 1.07 bits per heavy atom. The van der Waals surface area contributed by atoms with E-state index in [4.69, 9.17) is 11.5 Å². The van der Waals surface area contributed by atoms with Crippen molar-refractivity contribution in [2.75, 3.05) is 16.8 Å². The summed E-state index contributed by atoms with van der Waals surface area (Å²) < 4.78 is 133. The van der Waals surface area contributed by atoms with Crippen LogP contribution < -0.4 is 22.1 Å². The summed E-state index contributed by atoms with van der Waals surface area (Å²) in [6.45, 7) is 0. The first-order chi connectivity index (χ1) is 22.9. The number of hydrogen-bond acceptors (Lipinski definition) is 12. The van der Waals surface area contributed by atoms with Crippen molar-refractivity contribution in [3.8, 4) is 0 Å². The van der Waals surface area contributed by atoms with Crippen LogP contribution in [0.15, 0.2) is 100 Å². The largest absolute Gasteiger partial charge is 0.399 e. The minimum Gasteiger partial charge on any atom is -0.399 e. The number of allylic oxidation sites excluding steroid dienone is 3. The van der Waals surface area contributed by atoms with Crippen LogP contribution in [0.25, 0.3) is 6.08 Å². The molecule has 0 aromatic heterocycles. The molecule has 4 radical (unpaired) electrons. The molecule has 0 saturated heterocycles. The fourth-order valence-electron chi connectivity index (χ4n) is 4.77. The molecule has 2 amide bonds. The van der Waals surface area contributed by atoms with Crippen LogP contribution in [-0.2, 0) is 40.5 Å². The van der Waals surface area contributed by atoms with Crippen LogP contribution in [0.5, 0.6) is 0 Å². The van der Waals surface area contributed by atoms with Gasteiger partial charge in [-0.2, -0.15) is 33.7 Å². The first-order valence-corrected chi connectivity index (χ1v) is 19.2. The zero-order valence-corrected chi connectivity index (χ0v) is 40.2. The molecule has 3 aromatic rings. The summed E-state index contributed by atoms with van der Waals surface area (Å²) in [7, 11) is -21.4. The second-order valence-electron chi connectivity index (χ2n) is 10.5. The molecule has 0 bridgehead atoms. The fourth-order valence-corrected chi connectivity index (χ4v) is 8.84. The van der Waals surface area contributed by atoms with E-state index in [-0.39, 0.29) is 141 Å². The van der Waals surface area contributed by atoms with Crippen LogP contribution in [0.2, 0.25) is 0 Å². The first kappa shape index (κ1) is 53.1. The van der Waals surface area contributed by atoms with E-state index >= 15 is 0 Å². The van der Waals surface area contributed by atoms with Gasteiger partial charge < -0.3 is 22.1 Å². The van der Waals surface area contributed by atoms with E-state index in [1.54, 1.807) is 0 Å². The molecule has 0 aliphatic heterocycles. The second kappa shape index (κ2) is 20.2. The van der Waals surface area contributed by atoms with Gasteiger partial charge in [0.25, 0.3) is 56.4 Å². The molecular formula is C28H26N4Na4O14S4. The van der Waals surface area contributed by atoms with Gasteiger partial charge in [-0.3, -0.25) is 27.8 Å². The first-order valence-electron chi connectivity index (χ1n) is 13.4. The number of nitrogens with one attached hydrogen (secondary N) is 2. The van der Waals surface area contributed by atoms with Crippen LogP contribution >= 0.6 is 0 Å². The van der Waals surface area contributed by atoms with Crippen LogP contribution in [-0.4, -0.2) is 186 Å². The molecule has 4 rings (SSSR count). The summed E-state index contributed by atoms with van der Waals surface area (Å²) >= 11 is 0. The molecule has 1 aliphatic carbocycles. The van der Waals surface area contributed by atoms with Crippen LogP contribution in [0.1, 0.15) is 26.3 Å². The number of carbonyl (C=O) groups is 2. The Morgan fingerprint density at radius 3 is 1.48 bits per heavy atom. The van der Waals surface area contributed by atoms with Gasteiger partial charge in [-0.15, -0.1) is 0 Å². The predicted molar refractivity (Wildman–Crippen MR) is 202 cm³/mol. The van der Waals surface area contributed by atoms with Crippen LogP contribution in [0.3, 0.4) is 0 Å². The fraction of sp³-hybridized carbons (Fsp3) is 0.0714. The monoisotopic (exact) mass is 862 g/mol. The maximum atomic E-state index is 12.9. The van der Waals surface area contributed by atoms with Gasteiger partial charge in [-0.1, -0.05) is 30.4 Å². The summed E-state index contributed by atoms with van der Waals surface area (Å²) in [5.41, 5.74) is 9.56. The zero-order valence-electron chi connectivity index (χ0n) is 28.9. The van der Waals surface area contributed by atoms with E-state index in [0.29, 0.717) is 6.08 Å². The zero-order chi connectivity index (χ0) is 37.4. The van der Waals surface area contributed by atoms with Gasteiger partial charge in [0.05, 0.1) is 11.1 Å². The summed E-state index contributed by atoms with van der Waals surface area (Å²) in [4.78, 5) is 24.0. The number of nitrogens with two attached hydrogens (primary N) is 2. The van der Waals surface area contributed by atoms with Crippen molar-refractivity contribution < 1.29 is 61.5 Å². The topological polar surface area (TPSA) is 328 Å². The van der Waals surface area contributed by atoms with Crippen molar-refractivity contribution in [2.45, 2.75) is 13.9 Å². The van der Waals surface area contributed by atoms with Gasteiger partial charge in [0.15, 0.2) is 0 Å². The predicted octanol–water partition coefficient (Wildman–Crippen LogP) is 0.0585. The Bertz CT molecular complexity index is 2430. The van der Waals surface area contributed by atoms with Crippen LogP contribution in [0.4, 0.5) is 17.1 Å². The molecule has 54 heavy (non-hydrogen) atoms. The van der Waals surface area contributed by atoms with Gasteiger partial charge in [0.1, 0.15) is 9.79 Å². The summed E-state index contributed by atoms with van der Waals surface area (Å²) in [6, 6.07) is 11.4. The average Bonchev–Trinajstić information content (AvgIpc) is 2.98. The minimum absolute atomic E-state index is 0. The van der Waals surface area contributed by atoms with E-state index in [9.17, 15) is 61.5 Å². The molecule has 0 heterocycles. The van der Waals surface area contributed by atoms with E-state index in [1.807, 2.05) is 0 Å². The van der Waals surface area contributed by atoms with Gasteiger partial charge in [-0.25, -0.2) is 0 Å². The average molecular weight is 863 g/mol.